The Morgan fingerprint density at radius 2 is 1.78 bits per heavy atom. The summed E-state index contributed by atoms with van der Waals surface area (Å²) in [5.41, 5.74) is 6.19. The Morgan fingerprint density at radius 3 is 2.44 bits per heavy atom. The molecule has 0 saturated carbocycles. The molecular formula is C23H22ClFN3O4. The number of ether oxygens (including phenoxy) is 1. The molecule has 0 spiro atoms. The third kappa shape index (κ3) is 4.14. The normalized spacial score (nSPS) is 22.4. The zero-order valence-corrected chi connectivity index (χ0v) is 17.9. The average molecular weight is 459 g/mol. The van der Waals surface area contributed by atoms with E-state index in [0.717, 1.165) is 5.56 Å². The molecule has 0 aliphatic carbocycles. The molecule has 2 aliphatic heterocycles. The van der Waals surface area contributed by atoms with Crippen molar-refractivity contribution in [3.05, 3.63) is 76.9 Å². The molecule has 4 rings (SSSR count). The van der Waals surface area contributed by atoms with E-state index in [2.05, 4.69) is 0 Å². The van der Waals surface area contributed by atoms with Crippen LogP contribution < -0.4 is 5.73 Å². The number of cyclic esters (lactones) is 1. The van der Waals surface area contributed by atoms with Gasteiger partial charge >= 0.3 is 6.09 Å². The standard InChI is InChI=1S/C23H22ClFN3O4/c24-17-6-1-15(2-7-17)5-10-19(29)27-11-12-28-22(31)32-14-23(28,20(27)21(26)30)13-16-3-8-18(25)9-4-16/h1-4,6-10,20H,5,11-14H2,(H2,26,30)/t20?,23-/m0/s1. The third-order valence-electron chi connectivity index (χ3n) is 5.99. The summed E-state index contributed by atoms with van der Waals surface area (Å²) >= 11 is 5.90. The Bertz CT molecular complexity index is 1030. The van der Waals surface area contributed by atoms with Crippen LogP contribution >= 0.6 is 11.6 Å². The van der Waals surface area contributed by atoms with E-state index < -0.39 is 29.4 Å². The Hall–Kier alpha value is -3.13. The maximum Gasteiger partial charge on any atom is 0.410 e. The van der Waals surface area contributed by atoms with E-state index >= 15 is 0 Å². The molecule has 32 heavy (non-hydrogen) atoms. The van der Waals surface area contributed by atoms with Crippen molar-refractivity contribution in [3.63, 3.8) is 0 Å². The van der Waals surface area contributed by atoms with Gasteiger partial charge < -0.3 is 15.4 Å². The molecule has 2 fully saturated rings. The highest BCUT2D eigenvalue weighted by molar-refractivity contribution is 6.30. The second-order valence-corrected chi connectivity index (χ2v) is 8.42. The number of piperazine rings is 1. The molecule has 9 heteroatoms. The number of fused-ring (bicyclic) bond motifs is 1. The molecule has 2 heterocycles. The van der Waals surface area contributed by atoms with Crippen LogP contribution in [0, 0.1) is 12.2 Å². The van der Waals surface area contributed by atoms with Crippen molar-refractivity contribution in [2.45, 2.75) is 24.4 Å². The van der Waals surface area contributed by atoms with Crippen LogP contribution in [-0.4, -0.2) is 59.0 Å². The van der Waals surface area contributed by atoms with Gasteiger partial charge in [0, 0.05) is 24.5 Å². The van der Waals surface area contributed by atoms with Gasteiger partial charge in [0.2, 0.25) is 11.8 Å². The topological polar surface area (TPSA) is 92.9 Å². The smallest absolute Gasteiger partial charge is 0.410 e. The van der Waals surface area contributed by atoms with Crippen LogP contribution in [0.2, 0.25) is 5.02 Å². The zero-order valence-electron chi connectivity index (χ0n) is 17.2. The van der Waals surface area contributed by atoms with Crippen molar-refractivity contribution < 1.29 is 23.5 Å². The van der Waals surface area contributed by atoms with E-state index in [9.17, 15) is 18.8 Å². The van der Waals surface area contributed by atoms with Gasteiger partial charge in [0.1, 0.15) is 24.0 Å². The lowest BCUT2D eigenvalue weighted by molar-refractivity contribution is -0.146. The lowest BCUT2D eigenvalue weighted by atomic mass is 9.80. The number of amides is 3. The molecule has 0 aromatic heterocycles. The van der Waals surface area contributed by atoms with Crippen LogP contribution in [0.25, 0.3) is 0 Å². The molecule has 2 aliphatic rings. The van der Waals surface area contributed by atoms with Gasteiger partial charge in [0.05, 0.1) is 6.42 Å². The molecule has 3 amide bonds. The van der Waals surface area contributed by atoms with E-state index in [1.165, 1.54) is 28.4 Å². The number of benzene rings is 2. The second-order valence-electron chi connectivity index (χ2n) is 7.98. The van der Waals surface area contributed by atoms with Gasteiger partial charge in [-0.3, -0.25) is 14.5 Å². The first-order chi connectivity index (χ1) is 15.3. The van der Waals surface area contributed by atoms with Crippen molar-refractivity contribution in [2.24, 2.45) is 5.73 Å². The molecule has 2 aromatic rings. The van der Waals surface area contributed by atoms with E-state index in [4.69, 9.17) is 22.1 Å². The lowest BCUT2D eigenvalue weighted by Crippen LogP contribution is -2.72. The van der Waals surface area contributed by atoms with Crippen LogP contribution in [0.1, 0.15) is 11.1 Å². The van der Waals surface area contributed by atoms with Crippen LogP contribution in [0.3, 0.4) is 0 Å². The largest absolute Gasteiger partial charge is 0.447 e. The van der Waals surface area contributed by atoms with E-state index in [-0.39, 0.29) is 32.0 Å². The fraction of sp³-hybridized carbons (Fsp3) is 0.304. The molecule has 1 unspecified atom stereocenters. The first-order valence-corrected chi connectivity index (χ1v) is 10.5. The van der Waals surface area contributed by atoms with Gasteiger partial charge in [0.15, 0.2) is 0 Å². The fourth-order valence-electron chi connectivity index (χ4n) is 4.49. The zero-order chi connectivity index (χ0) is 22.9. The lowest BCUT2D eigenvalue weighted by Gasteiger charge is -2.49. The number of primary amides is 1. The highest BCUT2D eigenvalue weighted by atomic mass is 35.5. The highest BCUT2D eigenvalue weighted by Gasteiger charge is 2.59. The van der Waals surface area contributed by atoms with Gasteiger partial charge in [-0.05, 0) is 41.8 Å². The van der Waals surface area contributed by atoms with E-state index in [0.29, 0.717) is 17.0 Å². The number of nitrogens with two attached hydrogens (primary N) is 1. The number of rotatable bonds is 6. The first kappa shape index (κ1) is 22.1. The minimum atomic E-state index is -1.16. The van der Waals surface area contributed by atoms with Gasteiger partial charge in [-0.15, -0.1) is 0 Å². The Morgan fingerprint density at radius 1 is 1.12 bits per heavy atom. The summed E-state index contributed by atoms with van der Waals surface area (Å²) in [7, 11) is 0. The number of carbonyl (C=O) groups is 3. The summed E-state index contributed by atoms with van der Waals surface area (Å²) in [5, 5.41) is 0.596. The molecular weight excluding hydrogens is 437 g/mol. The summed E-state index contributed by atoms with van der Waals surface area (Å²) in [5.74, 6) is -1.49. The molecule has 1 radical (unpaired) electrons. The molecule has 2 aromatic carbocycles. The quantitative estimate of drug-likeness (QED) is 0.719. The van der Waals surface area contributed by atoms with E-state index in [1.807, 2.05) is 12.1 Å². The maximum atomic E-state index is 13.4. The molecule has 2 atom stereocenters. The third-order valence-corrected chi connectivity index (χ3v) is 6.24. The summed E-state index contributed by atoms with van der Waals surface area (Å²) in [6, 6.07) is 11.8. The SMILES string of the molecule is NC(=O)C1N(C(=O)[CH]Cc2ccc(Cl)cc2)CCN2C(=O)OC[C@@]12Cc1ccc(F)cc1. The Balaban J connectivity index is 1.60. The average Bonchev–Trinajstić information content (AvgIpc) is 3.10. The van der Waals surface area contributed by atoms with Crippen molar-refractivity contribution in [2.75, 3.05) is 19.7 Å². The van der Waals surface area contributed by atoms with Crippen LogP contribution in [0.4, 0.5) is 9.18 Å². The summed E-state index contributed by atoms with van der Waals surface area (Å²) < 4.78 is 18.7. The Kier molecular flexibility index (Phi) is 6.06. The van der Waals surface area contributed by atoms with Gasteiger partial charge in [-0.2, -0.15) is 0 Å². The van der Waals surface area contributed by atoms with Crippen molar-refractivity contribution in [1.29, 1.82) is 0 Å². The molecule has 7 nitrogen and oxygen atoms in total. The molecule has 167 valence electrons. The van der Waals surface area contributed by atoms with Gasteiger partial charge in [-0.1, -0.05) is 35.9 Å². The van der Waals surface area contributed by atoms with E-state index in [1.54, 1.807) is 24.3 Å². The van der Waals surface area contributed by atoms with Crippen LogP contribution in [0.15, 0.2) is 48.5 Å². The maximum absolute atomic E-state index is 13.4. The minimum absolute atomic E-state index is 0.0994. The predicted molar refractivity (Wildman–Crippen MR) is 115 cm³/mol. The number of hydrogen-bond acceptors (Lipinski definition) is 4. The number of hydrogen-bond donors (Lipinski definition) is 1. The van der Waals surface area contributed by atoms with Crippen molar-refractivity contribution in [1.82, 2.24) is 9.80 Å². The monoisotopic (exact) mass is 458 g/mol. The number of halogens is 2. The van der Waals surface area contributed by atoms with Crippen LogP contribution in [0.5, 0.6) is 0 Å². The molecule has 0 bridgehead atoms. The Labute approximate surface area is 189 Å². The fourth-order valence-corrected chi connectivity index (χ4v) is 4.62. The van der Waals surface area contributed by atoms with Gasteiger partial charge in [-0.25, -0.2) is 9.18 Å². The van der Waals surface area contributed by atoms with Crippen LogP contribution in [-0.2, 0) is 27.2 Å². The molecule has 2 N–H and O–H groups in total. The number of carbonyl (C=O) groups excluding carboxylic acids is 3. The van der Waals surface area contributed by atoms with Gasteiger partial charge in [0.25, 0.3) is 0 Å². The second kappa shape index (κ2) is 8.78. The predicted octanol–water partition coefficient (Wildman–Crippen LogP) is 2.36. The van der Waals surface area contributed by atoms with Crippen molar-refractivity contribution in [3.8, 4) is 0 Å². The summed E-state index contributed by atoms with van der Waals surface area (Å²) in [4.78, 5) is 41.0. The number of nitrogens with zero attached hydrogens (tertiary/aromatic N) is 2. The molecule has 2 saturated heterocycles. The summed E-state index contributed by atoms with van der Waals surface area (Å²) in [6.45, 7) is 0.242. The van der Waals surface area contributed by atoms with Crippen molar-refractivity contribution >= 4 is 29.5 Å². The minimum Gasteiger partial charge on any atom is -0.447 e. The highest BCUT2D eigenvalue weighted by Crippen LogP contribution is 2.37. The first-order valence-electron chi connectivity index (χ1n) is 10.2. The summed E-state index contributed by atoms with van der Waals surface area (Å²) in [6.07, 6.45) is 1.46.